The van der Waals surface area contributed by atoms with E-state index in [1.165, 1.54) is 18.4 Å². The molecule has 6 aromatic rings. The number of aromatic amines is 2. The van der Waals surface area contributed by atoms with Crippen LogP contribution in [0.3, 0.4) is 0 Å². The van der Waals surface area contributed by atoms with Crippen molar-refractivity contribution in [2.24, 2.45) is 0 Å². The predicted octanol–water partition coefficient (Wildman–Crippen LogP) is 5.22. The number of fused-ring (bicyclic) bond motifs is 2. The van der Waals surface area contributed by atoms with Crippen LogP contribution >= 0.6 is 0 Å². The summed E-state index contributed by atoms with van der Waals surface area (Å²) in [6, 6.07) is 12.3. The van der Waals surface area contributed by atoms with Crippen molar-refractivity contribution in [1.82, 2.24) is 40.0 Å². The van der Waals surface area contributed by atoms with Crippen molar-refractivity contribution in [2.45, 2.75) is 19.4 Å². The molecule has 1 aliphatic heterocycles. The Bertz CT molecular complexity index is 1680. The lowest BCUT2D eigenvalue weighted by atomic mass is 10.1. The number of nitrogens with zero attached hydrogens (tertiary/aromatic N) is 6. The average molecular weight is 473 g/mol. The number of aromatic nitrogens is 7. The third-order valence-corrected chi connectivity index (χ3v) is 6.88. The lowest BCUT2D eigenvalue weighted by molar-refractivity contribution is 0.331. The number of likely N-dealkylation sites (tertiary alicyclic amines) is 1. The van der Waals surface area contributed by atoms with E-state index >= 15 is 0 Å². The number of H-pyrrole nitrogens is 2. The molecule has 1 saturated heterocycles. The maximum absolute atomic E-state index is 4.70. The van der Waals surface area contributed by atoms with Gasteiger partial charge < -0.3 is 4.98 Å². The molecule has 176 valence electrons. The monoisotopic (exact) mass is 472 g/mol. The second-order valence-corrected chi connectivity index (χ2v) is 9.30. The number of hydrogen-bond acceptors (Lipinski definition) is 6. The van der Waals surface area contributed by atoms with Gasteiger partial charge in [-0.3, -0.25) is 29.9 Å². The minimum Gasteiger partial charge on any atom is -0.353 e. The summed E-state index contributed by atoms with van der Waals surface area (Å²) in [5, 5.41) is 9.81. The van der Waals surface area contributed by atoms with Crippen molar-refractivity contribution in [3.63, 3.8) is 0 Å². The fourth-order valence-electron chi connectivity index (χ4n) is 5.11. The van der Waals surface area contributed by atoms with Gasteiger partial charge in [-0.15, -0.1) is 0 Å². The maximum atomic E-state index is 4.70. The molecule has 8 heteroatoms. The van der Waals surface area contributed by atoms with Gasteiger partial charge in [0, 0.05) is 64.9 Å². The Morgan fingerprint density at radius 3 is 2.56 bits per heavy atom. The molecule has 7 heterocycles. The minimum absolute atomic E-state index is 0.850. The molecule has 0 aromatic carbocycles. The predicted molar refractivity (Wildman–Crippen MR) is 140 cm³/mol. The summed E-state index contributed by atoms with van der Waals surface area (Å²) >= 11 is 0. The highest BCUT2D eigenvalue weighted by molar-refractivity contribution is 6.00. The van der Waals surface area contributed by atoms with Crippen molar-refractivity contribution >= 4 is 21.8 Å². The summed E-state index contributed by atoms with van der Waals surface area (Å²) < 4.78 is 0. The summed E-state index contributed by atoms with van der Waals surface area (Å²) in [7, 11) is 0. The summed E-state index contributed by atoms with van der Waals surface area (Å²) in [5.74, 6) is 0. The highest BCUT2D eigenvalue weighted by Crippen LogP contribution is 2.33. The van der Waals surface area contributed by atoms with Crippen LogP contribution in [0.1, 0.15) is 18.4 Å². The van der Waals surface area contributed by atoms with Gasteiger partial charge in [0.1, 0.15) is 5.69 Å². The van der Waals surface area contributed by atoms with E-state index in [1.807, 2.05) is 49.2 Å². The fourth-order valence-corrected chi connectivity index (χ4v) is 5.11. The third kappa shape index (κ3) is 3.72. The Labute approximate surface area is 207 Å². The number of pyridine rings is 4. The van der Waals surface area contributed by atoms with E-state index in [0.29, 0.717) is 0 Å². The van der Waals surface area contributed by atoms with E-state index < -0.39 is 0 Å². The highest BCUT2D eigenvalue weighted by Gasteiger charge is 2.16. The van der Waals surface area contributed by atoms with E-state index in [4.69, 9.17) is 4.98 Å². The second-order valence-electron chi connectivity index (χ2n) is 9.30. The third-order valence-electron chi connectivity index (χ3n) is 6.88. The van der Waals surface area contributed by atoms with Crippen LogP contribution in [-0.2, 0) is 6.54 Å². The van der Waals surface area contributed by atoms with E-state index in [-0.39, 0.29) is 0 Å². The van der Waals surface area contributed by atoms with Gasteiger partial charge in [0.25, 0.3) is 0 Å². The van der Waals surface area contributed by atoms with E-state index in [1.54, 1.807) is 6.20 Å². The van der Waals surface area contributed by atoms with Crippen LogP contribution in [0, 0.1) is 0 Å². The lowest BCUT2D eigenvalue weighted by Crippen LogP contribution is -2.18. The molecular weight excluding hydrogens is 448 g/mol. The lowest BCUT2D eigenvalue weighted by Gasteiger charge is -2.14. The van der Waals surface area contributed by atoms with Crippen LogP contribution in [-0.4, -0.2) is 53.1 Å². The van der Waals surface area contributed by atoms with Gasteiger partial charge in [-0.1, -0.05) is 0 Å². The number of rotatable bonds is 5. The van der Waals surface area contributed by atoms with Crippen molar-refractivity contribution in [1.29, 1.82) is 0 Å². The zero-order valence-electron chi connectivity index (χ0n) is 19.6. The standard InChI is InChI=1S/C28H24N8/c1-2-9-36(8-1)17-18-10-20(15-30-13-18)24-11-22-26(16-32-24)34-35-28(22)25-12-21-23(33-25)5-7-31-27(21)19-4-3-6-29-14-19/h3-7,10-16,33H,1-2,8-9,17H2,(H,34,35). The molecular formula is C28H24N8. The van der Waals surface area contributed by atoms with Gasteiger partial charge in [0.15, 0.2) is 0 Å². The summed E-state index contributed by atoms with van der Waals surface area (Å²) in [4.78, 5) is 24.1. The second kappa shape index (κ2) is 8.66. The maximum Gasteiger partial charge on any atom is 0.116 e. The van der Waals surface area contributed by atoms with Crippen LogP contribution in [0.4, 0.5) is 0 Å². The molecule has 0 unspecified atom stereocenters. The summed E-state index contributed by atoms with van der Waals surface area (Å²) in [5.41, 5.74) is 8.65. The molecule has 1 aliphatic rings. The first-order valence-electron chi connectivity index (χ1n) is 12.2. The molecule has 2 N–H and O–H groups in total. The Hall–Kier alpha value is -4.43. The molecule has 0 aliphatic carbocycles. The Morgan fingerprint density at radius 1 is 0.778 bits per heavy atom. The molecule has 0 spiro atoms. The van der Waals surface area contributed by atoms with Crippen molar-refractivity contribution in [2.75, 3.05) is 13.1 Å². The van der Waals surface area contributed by atoms with Gasteiger partial charge in [-0.2, -0.15) is 5.10 Å². The van der Waals surface area contributed by atoms with Gasteiger partial charge in [-0.25, -0.2) is 0 Å². The molecule has 0 radical (unpaired) electrons. The van der Waals surface area contributed by atoms with Crippen molar-refractivity contribution in [3.05, 3.63) is 79.1 Å². The molecule has 7 rings (SSSR count). The smallest absolute Gasteiger partial charge is 0.116 e. The van der Waals surface area contributed by atoms with Crippen molar-refractivity contribution < 1.29 is 0 Å². The van der Waals surface area contributed by atoms with E-state index in [2.05, 4.69) is 53.2 Å². The average Bonchev–Trinajstić information content (AvgIpc) is 3.68. The molecule has 6 aromatic heterocycles. The van der Waals surface area contributed by atoms with Crippen LogP contribution in [0.2, 0.25) is 0 Å². The van der Waals surface area contributed by atoms with Crippen LogP contribution in [0.25, 0.3) is 55.7 Å². The summed E-state index contributed by atoms with van der Waals surface area (Å²) in [6.07, 6.45) is 13.7. The Morgan fingerprint density at radius 2 is 1.67 bits per heavy atom. The normalized spacial score (nSPS) is 14.2. The van der Waals surface area contributed by atoms with Gasteiger partial charge in [0.05, 0.1) is 28.8 Å². The Kier molecular flexibility index (Phi) is 5.03. The van der Waals surface area contributed by atoms with E-state index in [9.17, 15) is 0 Å². The number of hydrogen-bond donors (Lipinski definition) is 2. The SMILES string of the molecule is c1cncc(-c2nccc3[nH]c(-c4n[nH]c5cnc(-c6cncc(CN7CCCC7)c6)cc45)cc23)c1. The zero-order chi connectivity index (χ0) is 23.9. The molecule has 1 fully saturated rings. The summed E-state index contributed by atoms with van der Waals surface area (Å²) in [6.45, 7) is 3.26. The molecule has 0 amide bonds. The molecule has 0 bridgehead atoms. The van der Waals surface area contributed by atoms with Gasteiger partial charge >= 0.3 is 0 Å². The largest absolute Gasteiger partial charge is 0.353 e. The highest BCUT2D eigenvalue weighted by atomic mass is 15.1. The quantitative estimate of drug-likeness (QED) is 0.357. The first-order chi connectivity index (χ1) is 17.8. The minimum atomic E-state index is 0.850. The fraction of sp³-hybridized carbons (Fsp3) is 0.179. The van der Waals surface area contributed by atoms with Crippen molar-refractivity contribution in [3.8, 4) is 33.9 Å². The van der Waals surface area contributed by atoms with Gasteiger partial charge in [0.2, 0.25) is 0 Å². The number of nitrogens with one attached hydrogen (secondary N) is 2. The zero-order valence-corrected chi connectivity index (χ0v) is 19.6. The van der Waals surface area contributed by atoms with Gasteiger partial charge in [-0.05, 0) is 67.9 Å². The first-order valence-corrected chi connectivity index (χ1v) is 12.2. The molecule has 0 saturated carbocycles. The van der Waals surface area contributed by atoms with Crippen LogP contribution < -0.4 is 0 Å². The molecule has 0 atom stereocenters. The van der Waals surface area contributed by atoms with E-state index in [0.717, 1.165) is 75.3 Å². The molecule has 36 heavy (non-hydrogen) atoms. The first kappa shape index (κ1) is 20.9. The van der Waals surface area contributed by atoms with Crippen LogP contribution in [0.5, 0.6) is 0 Å². The topological polar surface area (TPSA) is 99.3 Å². The molecule has 8 nitrogen and oxygen atoms in total. The Balaban J connectivity index is 1.28. The van der Waals surface area contributed by atoms with Crippen LogP contribution in [0.15, 0.2) is 73.6 Å².